The first-order valence-electron chi connectivity index (χ1n) is 11.7. The first-order valence-corrected chi connectivity index (χ1v) is 12.6. The number of likely N-dealkylation sites (N-methyl/N-ethyl adjacent to an activating group) is 1. The molecule has 1 saturated heterocycles. The molecule has 3 heterocycles. The number of pyridine rings is 1. The zero-order chi connectivity index (χ0) is 23.8. The summed E-state index contributed by atoms with van der Waals surface area (Å²) in [7, 11) is 0. The van der Waals surface area contributed by atoms with E-state index in [1.165, 1.54) is 11.3 Å². The van der Waals surface area contributed by atoms with Crippen LogP contribution in [0.15, 0.2) is 66.2 Å². The summed E-state index contributed by atoms with van der Waals surface area (Å²) in [6.07, 6.45) is 2.24. The summed E-state index contributed by atoms with van der Waals surface area (Å²) < 4.78 is 0. The number of rotatable bonds is 9. The summed E-state index contributed by atoms with van der Waals surface area (Å²) in [5, 5.41) is 7.72. The Morgan fingerprint density at radius 3 is 2.44 bits per heavy atom. The van der Waals surface area contributed by atoms with Crippen molar-refractivity contribution in [1.82, 2.24) is 20.5 Å². The average Bonchev–Trinajstić information content (AvgIpc) is 3.43. The number of nitrogens with zero attached hydrogens (tertiary/aromatic N) is 3. The molecule has 34 heavy (non-hydrogen) atoms. The molecule has 1 fully saturated rings. The molecule has 1 aliphatic heterocycles. The van der Waals surface area contributed by atoms with Crippen molar-refractivity contribution in [3.63, 3.8) is 0 Å². The minimum Gasteiger partial charge on any atom is -0.354 e. The molecule has 0 bridgehead atoms. The third-order valence-corrected chi connectivity index (χ3v) is 6.94. The highest BCUT2D eigenvalue weighted by atomic mass is 32.1. The lowest BCUT2D eigenvalue weighted by atomic mass is 10.0. The first-order chi connectivity index (χ1) is 16.6. The molecule has 1 unspecified atom stereocenters. The van der Waals surface area contributed by atoms with Gasteiger partial charge in [-0.05, 0) is 35.2 Å². The number of hydrogen-bond acceptors (Lipinski definition) is 6. The first kappa shape index (κ1) is 23.9. The monoisotopic (exact) mass is 477 g/mol. The molecule has 0 radical (unpaired) electrons. The average molecular weight is 478 g/mol. The Hall–Kier alpha value is -3.23. The number of carbonyl (C=O) groups excluding carboxylic acids is 2. The summed E-state index contributed by atoms with van der Waals surface area (Å²) in [6, 6.07) is 16.7. The molecule has 1 aromatic carbocycles. The maximum absolute atomic E-state index is 13.0. The number of amides is 2. The van der Waals surface area contributed by atoms with E-state index in [0.29, 0.717) is 17.8 Å². The van der Waals surface area contributed by atoms with Crippen LogP contribution in [0, 0.1) is 0 Å². The van der Waals surface area contributed by atoms with Crippen LogP contribution in [0.4, 0.5) is 5.82 Å². The van der Waals surface area contributed by atoms with Crippen molar-refractivity contribution in [2.45, 2.75) is 25.9 Å². The van der Waals surface area contributed by atoms with E-state index in [9.17, 15) is 9.59 Å². The highest BCUT2D eigenvalue weighted by Gasteiger charge is 2.22. The fourth-order valence-corrected chi connectivity index (χ4v) is 4.64. The predicted molar refractivity (Wildman–Crippen MR) is 136 cm³/mol. The van der Waals surface area contributed by atoms with Gasteiger partial charge in [0.1, 0.15) is 11.9 Å². The van der Waals surface area contributed by atoms with Gasteiger partial charge in [-0.2, -0.15) is 0 Å². The van der Waals surface area contributed by atoms with Crippen LogP contribution in [-0.2, 0) is 17.8 Å². The minimum atomic E-state index is -0.668. The third-order valence-electron chi connectivity index (χ3n) is 6.07. The van der Waals surface area contributed by atoms with Gasteiger partial charge in [-0.25, -0.2) is 4.98 Å². The van der Waals surface area contributed by atoms with Gasteiger partial charge in [0.2, 0.25) is 5.91 Å². The Morgan fingerprint density at radius 2 is 1.79 bits per heavy atom. The lowest BCUT2D eigenvalue weighted by molar-refractivity contribution is -0.123. The highest BCUT2D eigenvalue weighted by Crippen LogP contribution is 2.14. The fourth-order valence-electron chi connectivity index (χ4n) is 4.01. The summed E-state index contributed by atoms with van der Waals surface area (Å²) in [6.45, 7) is 7.68. The van der Waals surface area contributed by atoms with Crippen LogP contribution in [0.5, 0.6) is 0 Å². The molecular weight excluding hydrogens is 446 g/mol. The van der Waals surface area contributed by atoms with Crippen molar-refractivity contribution < 1.29 is 9.59 Å². The molecule has 8 heteroatoms. The van der Waals surface area contributed by atoms with Gasteiger partial charge in [-0.3, -0.25) is 9.59 Å². The van der Waals surface area contributed by atoms with Gasteiger partial charge >= 0.3 is 0 Å². The van der Waals surface area contributed by atoms with Crippen molar-refractivity contribution in [2.24, 2.45) is 0 Å². The number of hydrogen-bond donors (Lipinski definition) is 2. The number of nitrogens with one attached hydrogen (secondary N) is 2. The van der Waals surface area contributed by atoms with Crippen molar-refractivity contribution in [3.8, 4) is 0 Å². The van der Waals surface area contributed by atoms with E-state index in [4.69, 9.17) is 0 Å². The normalized spacial score (nSPS) is 15.0. The fraction of sp³-hybridized carbons (Fsp3) is 0.346. The van der Waals surface area contributed by atoms with Crippen LogP contribution < -0.4 is 15.5 Å². The molecule has 4 rings (SSSR count). The minimum absolute atomic E-state index is 0.214. The zero-order valence-corrected chi connectivity index (χ0v) is 20.3. The second kappa shape index (κ2) is 11.8. The number of aromatic nitrogens is 1. The standard InChI is InChI=1S/C26H31N5O2S/c1-2-30-12-14-31(15-13-30)24-11-10-21(18-27-24)19-28-25(32)22(17-20-7-4-3-5-8-20)29-26(33)23-9-6-16-34-23/h3-11,16,18,22H,2,12-15,17,19H2,1H3,(H,28,32)(H,29,33). The van der Waals surface area contributed by atoms with Crippen LogP contribution in [0.25, 0.3) is 0 Å². The Labute approximate surface area is 204 Å². The van der Waals surface area contributed by atoms with E-state index in [-0.39, 0.29) is 11.8 Å². The molecule has 1 atom stereocenters. The lowest BCUT2D eigenvalue weighted by Crippen LogP contribution is -2.47. The molecule has 2 N–H and O–H groups in total. The molecule has 178 valence electrons. The van der Waals surface area contributed by atoms with Crippen molar-refractivity contribution in [1.29, 1.82) is 0 Å². The molecule has 1 aliphatic rings. The van der Waals surface area contributed by atoms with Gasteiger partial charge in [0.05, 0.1) is 4.88 Å². The smallest absolute Gasteiger partial charge is 0.262 e. The van der Waals surface area contributed by atoms with E-state index in [1.54, 1.807) is 6.07 Å². The van der Waals surface area contributed by atoms with Crippen LogP contribution in [0.2, 0.25) is 0 Å². The highest BCUT2D eigenvalue weighted by molar-refractivity contribution is 7.12. The predicted octanol–water partition coefficient (Wildman–Crippen LogP) is 2.94. The topological polar surface area (TPSA) is 77.6 Å². The van der Waals surface area contributed by atoms with Crippen LogP contribution in [0.3, 0.4) is 0 Å². The van der Waals surface area contributed by atoms with E-state index in [1.807, 2.05) is 60.1 Å². The second-order valence-electron chi connectivity index (χ2n) is 8.36. The van der Waals surface area contributed by atoms with Crippen LogP contribution >= 0.6 is 11.3 Å². The summed E-state index contributed by atoms with van der Waals surface area (Å²) in [5.41, 5.74) is 1.91. The summed E-state index contributed by atoms with van der Waals surface area (Å²) >= 11 is 1.36. The molecule has 3 aromatic rings. The van der Waals surface area contributed by atoms with Gasteiger partial charge in [0.15, 0.2) is 0 Å². The van der Waals surface area contributed by atoms with Crippen molar-refractivity contribution in [3.05, 3.63) is 82.2 Å². The van der Waals surface area contributed by atoms with Gasteiger partial charge in [0, 0.05) is 45.3 Å². The van der Waals surface area contributed by atoms with Crippen molar-refractivity contribution in [2.75, 3.05) is 37.6 Å². The SMILES string of the molecule is CCN1CCN(c2ccc(CNC(=O)C(Cc3ccccc3)NC(=O)c3cccs3)cn2)CC1. The number of thiophene rings is 1. The van der Waals surface area contributed by atoms with E-state index in [2.05, 4.69) is 32.3 Å². The Morgan fingerprint density at radius 1 is 1.00 bits per heavy atom. The molecule has 2 amide bonds. The van der Waals surface area contributed by atoms with Gasteiger partial charge in [0.25, 0.3) is 5.91 Å². The third kappa shape index (κ3) is 6.42. The number of benzene rings is 1. The quantitative estimate of drug-likeness (QED) is 0.496. The summed E-state index contributed by atoms with van der Waals surface area (Å²) in [4.78, 5) is 35.6. The summed E-state index contributed by atoms with van der Waals surface area (Å²) in [5.74, 6) is 0.518. The number of piperazine rings is 1. The molecule has 2 aromatic heterocycles. The Bertz CT molecular complexity index is 1050. The molecular formula is C26H31N5O2S. The second-order valence-corrected chi connectivity index (χ2v) is 9.30. The van der Waals surface area contributed by atoms with Crippen LogP contribution in [-0.4, -0.2) is 60.5 Å². The zero-order valence-electron chi connectivity index (χ0n) is 19.4. The van der Waals surface area contributed by atoms with Crippen LogP contribution in [0.1, 0.15) is 27.7 Å². The molecule has 0 saturated carbocycles. The van der Waals surface area contributed by atoms with Crippen molar-refractivity contribution >= 4 is 29.0 Å². The molecule has 0 aliphatic carbocycles. The van der Waals surface area contributed by atoms with Gasteiger partial charge < -0.3 is 20.4 Å². The van der Waals surface area contributed by atoms with Gasteiger partial charge in [-0.15, -0.1) is 11.3 Å². The number of anilines is 1. The van der Waals surface area contributed by atoms with E-state index >= 15 is 0 Å². The van der Waals surface area contributed by atoms with Gasteiger partial charge in [-0.1, -0.05) is 49.4 Å². The van der Waals surface area contributed by atoms with E-state index in [0.717, 1.165) is 49.7 Å². The molecule has 0 spiro atoms. The molecule has 7 nitrogen and oxygen atoms in total. The number of carbonyl (C=O) groups is 2. The van der Waals surface area contributed by atoms with E-state index < -0.39 is 6.04 Å². The Balaban J connectivity index is 1.35. The lowest BCUT2D eigenvalue weighted by Gasteiger charge is -2.34. The largest absolute Gasteiger partial charge is 0.354 e. The maximum atomic E-state index is 13.0. The maximum Gasteiger partial charge on any atom is 0.262 e. The Kier molecular flexibility index (Phi) is 8.27.